The fourth-order valence-corrected chi connectivity index (χ4v) is 8.61. The molecule has 0 atom stereocenters. The van der Waals surface area contributed by atoms with E-state index >= 15 is 0 Å². The molecule has 0 aliphatic heterocycles. The van der Waals surface area contributed by atoms with Crippen molar-refractivity contribution in [3.8, 4) is 33.4 Å². The average molecular weight is 576 g/mol. The molecule has 2 aliphatic rings. The van der Waals surface area contributed by atoms with Crippen molar-refractivity contribution < 1.29 is 0 Å². The van der Waals surface area contributed by atoms with Gasteiger partial charge in [0.1, 0.15) is 0 Å². The number of hydrogen-bond acceptors (Lipinski definition) is 2. The molecule has 0 saturated heterocycles. The van der Waals surface area contributed by atoms with Crippen LogP contribution in [0.4, 0.5) is 0 Å². The zero-order chi connectivity index (χ0) is 29.9. The fourth-order valence-electron chi connectivity index (χ4n) is 8.61. The molecule has 45 heavy (non-hydrogen) atoms. The summed E-state index contributed by atoms with van der Waals surface area (Å²) in [7, 11) is 0. The Hall–Kier alpha value is -5.54. The van der Waals surface area contributed by atoms with Crippen LogP contribution in [0.1, 0.15) is 40.4 Å². The van der Waals surface area contributed by atoms with Crippen LogP contribution in [0.5, 0.6) is 0 Å². The molecule has 0 unspecified atom stereocenters. The van der Waals surface area contributed by atoms with Crippen LogP contribution in [-0.4, -0.2) is 22.1 Å². The van der Waals surface area contributed by atoms with E-state index in [1.807, 2.05) is 18.6 Å². The summed E-state index contributed by atoms with van der Waals surface area (Å²) in [5.41, 5.74) is 17.7. The number of hydrogen-bond donors (Lipinski definition) is 0. The van der Waals surface area contributed by atoms with Crippen LogP contribution in [0.2, 0.25) is 0 Å². The van der Waals surface area contributed by atoms with Crippen LogP contribution >= 0.6 is 0 Å². The molecule has 3 nitrogen and oxygen atoms in total. The highest BCUT2D eigenvalue weighted by Crippen LogP contribution is 2.63. The number of aliphatic imine (C=N–C) groups is 1. The summed E-state index contributed by atoms with van der Waals surface area (Å²) >= 11 is 0. The van der Waals surface area contributed by atoms with Crippen LogP contribution in [0, 0.1) is 6.92 Å². The summed E-state index contributed by atoms with van der Waals surface area (Å²) in [4.78, 5) is 9.16. The first-order chi connectivity index (χ1) is 22.2. The van der Waals surface area contributed by atoms with Gasteiger partial charge >= 0.3 is 0 Å². The Kier molecular flexibility index (Phi) is 4.84. The molecule has 1 spiro atoms. The second-order valence-corrected chi connectivity index (χ2v) is 12.4. The predicted octanol–water partition coefficient (Wildman–Crippen LogP) is 9.84. The number of fused-ring (bicyclic) bond motifs is 13. The van der Waals surface area contributed by atoms with Crippen molar-refractivity contribution in [3.63, 3.8) is 0 Å². The maximum absolute atomic E-state index is 4.65. The molecular weight excluding hydrogens is 546 g/mol. The van der Waals surface area contributed by atoms with Crippen LogP contribution in [0.25, 0.3) is 60.6 Å². The lowest BCUT2D eigenvalue weighted by Gasteiger charge is -2.30. The zero-order valence-corrected chi connectivity index (χ0v) is 25.2. The third-order valence-electron chi connectivity index (χ3n) is 10.4. The van der Waals surface area contributed by atoms with Gasteiger partial charge in [-0.05, 0) is 99.3 Å². The van der Waals surface area contributed by atoms with Gasteiger partial charge in [0.15, 0.2) is 0 Å². The van der Waals surface area contributed by atoms with Gasteiger partial charge in [0.25, 0.3) is 0 Å². The first-order valence-corrected chi connectivity index (χ1v) is 15.8. The van der Waals surface area contributed by atoms with Crippen LogP contribution in [0.3, 0.4) is 0 Å². The monoisotopic (exact) mass is 575 g/mol. The molecule has 3 heterocycles. The number of nitrogens with zero attached hydrogens (tertiary/aromatic N) is 3. The van der Waals surface area contributed by atoms with E-state index in [2.05, 4.69) is 137 Å². The topological polar surface area (TPSA) is 29.7 Å². The summed E-state index contributed by atoms with van der Waals surface area (Å²) in [5, 5.41) is 3.75. The van der Waals surface area contributed by atoms with Crippen molar-refractivity contribution in [2.75, 3.05) is 6.54 Å². The Bertz CT molecular complexity index is 2480. The quantitative estimate of drug-likeness (QED) is 0.193. The molecule has 3 aromatic heterocycles. The van der Waals surface area contributed by atoms with Crippen molar-refractivity contribution in [1.29, 1.82) is 0 Å². The van der Waals surface area contributed by atoms with Gasteiger partial charge in [0.2, 0.25) is 0 Å². The third-order valence-corrected chi connectivity index (χ3v) is 10.4. The molecular formula is C42H29N3. The van der Waals surface area contributed by atoms with Gasteiger partial charge in [-0.15, -0.1) is 0 Å². The van der Waals surface area contributed by atoms with E-state index in [0.717, 1.165) is 17.8 Å². The molecule has 8 aromatic rings. The molecule has 5 aromatic carbocycles. The van der Waals surface area contributed by atoms with Gasteiger partial charge in [-0.3, -0.25) is 9.98 Å². The highest BCUT2D eigenvalue weighted by atomic mass is 14.9. The van der Waals surface area contributed by atoms with E-state index in [9.17, 15) is 0 Å². The SMILES string of the molecule is CCN=Cc1c(C)c2cc(-c3ccc4c(c3)C3(c5ccccc5-c5ccccc53)c3ccccc3-4)cc3c4ccncc4n1c23. The van der Waals surface area contributed by atoms with E-state index in [1.54, 1.807) is 0 Å². The molecule has 0 saturated carbocycles. The van der Waals surface area contributed by atoms with Gasteiger partial charge in [-0.25, -0.2) is 0 Å². The second-order valence-electron chi connectivity index (χ2n) is 12.4. The van der Waals surface area contributed by atoms with Gasteiger partial charge in [0, 0.05) is 35.1 Å². The fraction of sp³-hybridized carbons (Fsp3) is 0.0952. The Labute approximate surface area is 261 Å². The summed E-state index contributed by atoms with van der Waals surface area (Å²) in [6.07, 6.45) is 5.93. The number of rotatable bonds is 3. The lowest BCUT2D eigenvalue weighted by atomic mass is 9.70. The minimum atomic E-state index is -0.350. The Morgan fingerprint density at radius 1 is 0.667 bits per heavy atom. The number of aryl methyl sites for hydroxylation is 1. The van der Waals surface area contributed by atoms with Crippen molar-refractivity contribution in [1.82, 2.24) is 9.38 Å². The van der Waals surface area contributed by atoms with Crippen molar-refractivity contribution in [2.24, 2.45) is 4.99 Å². The molecule has 10 rings (SSSR count). The van der Waals surface area contributed by atoms with Gasteiger partial charge < -0.3 is 4.40 Å². The summed E-state index contributed by atoms with van der Waals surface area (Å²) in [6.45, 7) is 5.06. The molecule has 0 amide bonds. The maximum Gasteiger partial charge on any atom is 0.0725 e. The summed E-state index contributed by atoms with van der Waals surface area (Å²) in [6, 6.07) is 41.1. The van der Waals surface area contributed by atoms with Crippen molar-refractivity contribution >= 4 is 33.4 Å². The van der Waals surface area contributed by atoms with Crippen molar-refractivity contribution in [3.05, 3.63) is 155 Å². The molecule has 0 fully saturated rings. The smallest absolute Gasteiger partial charge is 0.0725 e. The molecule has 0 radical (unpaired) electrons. The standard InChI is InChI=1S/C42H29N3/c1-3-43-23-39-25(2)33-20-27(21-34-32-18-19-44-24-40(32)45(39)41(33)34)26-16-17-31-30-12-6-9-15-37(30)42(38(31)22-26)35-13-7-4-10-28(35)29-11-5-8-14-36(29)42/h4-24H,3H2,1-2H3. The lowest BCUT2D eigenvalue weighted by Crippen LogP contribution is -2.25. The van der Waals surface area contributed by atoms with Gasteiger partial charge in [-0.1, -0.05) is 84.9 Å². The van der Waals surface area contributed by atoms with Crippen LogP contribution < -0.4 is 0 Å². The Morgan fingerprint density at radius 3 is 1.96 bits per heavy atom. The van der Waals surface area contributed by atoms with E-state index in [4.69, 9.17) is 0 Å². The molecule has 0 bridgehead atoms. The maximum atomic E-state index is 4.65. The van der Waals surface area contributed by atoms with Crippen LogP contribution in [0.15, 0.2) is 127 Å². The molecule has 2 aliphatic carbocycles. The zero-order valence-electron chi connectivity index (χ0n) is 25.2. The molecule has 3 heteroatoms. The summed E-state index contributed by atoms with van der Waals surface area (Å²) in [5.74, 6) is 0. The molecule has 0 N–H and O–H groups in total. The Morgan fingerprint density at radius 2 is 1.29 bits per heavy atom. The van der Waals surface area contributed by atoms with E-state index in [-0.39, 0.29) is 5.41 Å². The van der Waals surface area contributed by atoms with E-state index in [1.165, 1.54) is 82.9 Å². The highest BCUT2D eigenvalue weighted by molar-refractivity contribution is 6.18. The summed E-state index contributed by atoms with van der Waals surface area (Å²) < 4.78 is 2.35. The number of aromatic nitrogens is 2. The Balaban J connectivity index is 1.29. The first-order valence-electron chi connectivity index (χ1n) is 15.8. The van der Waals surface area contributed by atoms with E-state index in [0.29, 0.717) is 0 Å². The number of pyridine rings is 1. The first kappa shape index (κ1) is 24.9. The second kappa shape index (κ2) is 8.77. The normalized spacial score (nSPS) is 14.2. The van der Waals surface area contributed by atoms with Gasteiger partial charge in [-0.2, -0.15) is 0 Å². The third kappa shape index (κ3) is 2.96. The minimum absolute atomic E-state index is 0.350. The lowest BCUT2D eigenvalue weighted by molar-refractivity contribution is 0.794. The minimum Gasteiger partial charge on any atom is -0.305 e. The number of benzene rings is 5. The van der Waals surface area contributed by atoms with Crippen LogP contribution in [-0.2, 0) is 5.41 Å². The predicted molar refractivity (Wildman–Crippen MR) is 186 cm³/mol. The average Bonchev–Trinajstić information content (AvgIpc) is 3.78. The van der Waals surface area contributed by atoms with Crippen molar-refractivity contribution in [2.45, 2.75) is 19.3 Å². The molecule has 212 valence electrons. The van der Waals surface area contributed by atoms with E-state index < -0.39 is 0 Å². The largest absolute Gasteiger partial charge is 0.305 e. The van der Waals surface area contributed by atoms with Gasteiger partial charge in [0.05, 0.1) is 28.3 Å². The highest BCUT2D eigenvalue weighted by Gasteiger charge is 2.51.